The Balaban J connectivity index is 2.65. The van der Waals surface area contributed by atoms with Gasteiger partial charge in [-0.2, -0.15) is 0 Å². The van der Waals surface area contributed by atoms with E-state index in [1.54, 1.807) is 13.8 Å². The number of rotatable bonds is 4. The average Bonchev–Trinajstić information content (AvgIpc) is 2.63. The number of aliphatic carboxylic acids is 1. The third-order valence-electron chi connectivity index (χ3n) is 2.84. The summed E-state index contributed by atoms with van der Waals surface area (Å²) in [5.41, 5.74) is 0. The molecule has 1 rings (SSSR count). The Morgan fingerprint density at radius 1 is 1.56 bits per heavy atom. The number of carboxylic acids is 1. The topological polar surface area (TPSA) is 57.6 Å². The molecule has 0 aromatic carbocycles. The van der Waals surface area contributed by atoms with Crippen LogP contribution < -0.4 is 0 Å². The molecule has 0 saturated carbocycles. The summed E-state index contributed by atoms with van der Waals surface area (Å²) in [5, 5.41) is 8.98. The first-order valence-corrected chi connectivity index (χ1v) is 5.87. The molecule has 1 amide bonds. The number of carboxylic acid groups (broad SMARTS) is 1. The van der Waals surface area contributed by atoms with Gasteiger partial charge in [0.25, 0.3) is 0 Å². The molecular weight excluding hydrogens is 226 g/mol. The lowest BCUT2D eigenvalue weighted by Crippen LogP contribution is -2.43. The van der Waals surface area contributed by atoms with E-state index in [9.17, 15) is 9.59 Å². The first kappa shape index (κ1) is 13.1. The van der Waals surface area contributed by atoms with Crippen LogP contribution in [0.3, 0.4) is 0 Å². The van der Waals surface area contributed by atoms with Gasteiger partial charge in [-0.1, -0.05) is 19.1 Å². The fourth-order valence-corrected chi connectivity index (χ4v) is 2.34. The van der Waals surface area contributed by atoms with Crippen LogP contribution in [0.15, 0.2) is 0 Å². The second-order valence-electron chi connectivity index (χ2n) is 4.34. The molecule has 0 aliphatic carbocycles. The highest BCUT2D eigenvalue weighted by atomic mass is 32.1. The molecule has 0 radical (unpaired) electrons. The first-order chi connectivity index (χ1) is 7.43. The van der Waals surface area contributed by atoms with E-state index in [4.69, 9.17) is 17.3 Å². The fourth-order valence-electron chi connectivity index (χ4n) is 2.09. The summed E-state index contributed by atoms with van der Waals surface area (Å²) < 4.78 is 0. The Labute approximate surface area is 101 Å². The molecule has 1 N–H and O–H groups in total. The zero-order valence-electron chi connectivity index (χ0n) is 9.60. The maximum Gasteiger partial charge on any atom is 0.326 e. The van der Waals surface area contributed by atoms with E-state index >= 15 is 0 Å². The van der Waals surface area contributed by atoms with Crippen molar-refractivity contribution in [2.45, 2.75) is 39.2 Å². The highest BCUT2D eigenvalue weighted by molar-refractivity contribution is 7.80. The van der Waals surface area contributed by atoms with Crippen molar-refractivity contribution in [1.29, 1.82) is 0 Å². The van der Waals surface area contributed by atoms with Gasteiger partial charge in [-0.3, -0.25) is 4.79 Å². The molecule has 2 atom stereocenters. The van der Waals surface area contributed by atoms with Crippen molar-refractivity contribution in [3.05, 3.63) is 0 Å². The molecule has 0 aromatic heterocycles. The molecule has 90 valence electrons. The van der Waals surface area contributed by atoms with E-state index < -0.39 is 12.0 Å². The monoisotopic (exact) mass is 243 g/mol. The molecule has 1 aliphatic rings. The van der Waals surface area contributed by atoms with E-state index in [2.05, 4.69) is 0 Å². The minimum absolute atomic E-state index is 0.0888. The average molecular weight is 243 g/mol. The van der Waals surface area contributed by atoms with Gasteiger partial charge in [0.05, 0.1) is 0 Å². The van der Waals surface area contributed by atoms with E-state index in [0.29, 0.717) is 19.4 Å². The van der Waals surface area contributed by atoms with Crippen LogP contribution in [0.5, 0.6) is 0 Å². The summed E-state index contributed by atoms with van der Waals surface area (Å²) in [5.74, 6) is -1.20. The minimum atomic E-state index is -0.905. The lowest BCUT2D eigenvalue weighted by Gasteiger charge is -2.24. The van der Waals surface area contributed by atoms with Crippen LogP contribution in [0.4, 0.5) is 0 Å². The molecule has 1 fully saturated rings. The van der Waals surface area contributed by atoms with Crippen molar-refractivity contribution in [2.24, 2.45) is 5.92 Å². The van der Waals surface area contributed by atoms with Crippen molar-refractivity contribution >= 4 is 29.0 Å². The van der Waals surface area contributed by atoms with Crippen molar-refractivity contribution in [1.82, 2.24) is 4.90 Å². The fraction of sp³-hybridized carbons (Fsp3) is 0.727. The molecule has 5 heteroatoms. The normalized spacial score (nSPS) is 21.9. The highest BCUT2D eigenvalue weighted by Crippen LogP contribution is 2.21. The van der Waals surface area contributed by atoms with Gasteiger partial charge in [0.15, 0.2) is 0 Å². The van der Waals surface area contributed by atoms with E-state index in [1.165, 1.54) is 4.90 Å². The van der Waals surface area contributed by atoms with Gasteiger partial charge in [0.1, 0.15) is 6.04 Å². The van der Waals surface area contributed by atoms with Gasteiger partial charge < -0.3 is 10.0 Å². The lowest BCUT2D eigenvalue weighted by molar-refractivity contribution is -0.149. The van der Waals surface area contributed by atoms with Crippen LogP contribution in [0.2, 0.25) is 0 Å². The van der Waals surface area contributed by atoms with Crippen molar-refractivity contribution in [3.8, 4) is 0 Å². The SMILES string of the molecule is CC(=S)CC(C)C(=O)N1CCC[C@H]1C(=O)O. The molecule has 1 aliphatic heterocycles. The first-order valence-electron chi connectivity index (χ1n) is 5.46. The molecule has 1 saturated heterocycles. The van der Waals surface area contributed by atoms with Crippen LogP contribution in [0.25, 0.3) is 0 Å². The summed E-state index contributed by atoms with van der Waals surface area (Å²) in [7, 11) is 0. The Bertz CT molecular complexity index is 316. The van der Waals surface area contributed by atoms with Crippen LogP contribution in [0, 0.1) is 5.92 Å². The standard InChI is InChI=1S/C11H17NO3S/c1-7(6-8(2)16)10(13)12-5-3-4-9(12)11(14)15/h7,9H,3-6H2,1-2H3,(H,14,15)/t7?,9-/m0/s1. The molecule has 1 heterocycles. The Morgan fingerprint density at radius 2 is 2.19 bits per heavy atom. The molecular formula is C11H17NO3S. The number of likely N-dealkylation sites (tertiary alicyclic amines) is 1. The second kappa shape index (κ2) is 5.39. The zero-order chi connectivity index (χ0) is 12.3. The predicted molar refractivity (Wildman–Crippen MR) is 64.4 cm³/mol. The number of nitrogens with zero attached hydrogens (tertiary/aromatic N) is 1. The molecule has 0 spiro atoms. The van der Waals surface area contributed by atoms with Crippen molar-refractivity contribution in [2.75, 3.05) is 6.54 Å². The zero-order valence-corrected chi connectivity index (χ0v) is 10.4. The number of carbonyl (C=O) groups is 2. The third kappa shape index (κ3) is 3.01. The van der Waals surface area contributed by atoms with E-state index in [1.807, 2.05) is 0 Å². The third-order valence-corrected chi connectivity index (χ3v) is 3.00. The summed E-state index contributed by atoms with van der Waals surface area (Å²) >= 11 is 4.96. The van der Waals surface area contributed by atoms with Gasteiger partial charge in [0, 0.05) is 12.5 Å². The van der Waals surface area contributed by atoms with Crippen LogP contribution in [-0.4, -0.2) is 39.3 Å². The summed E-state index contributed by atoms with van der Waals surface area (Å²) in [6.45, 7) is 4.16. The number of hydrogen-bond donors (Lipinski definition) is 1. The lowest BCUT2D eigenvalue weighted by atomic mass is 10.0. The number of carbonyl (C=O) groups excluding carboxylic acids is 1. The Kier molecular flexibility index (Phi) is 4.41. The predicted octanol–water partition coefficient (Wildman–Crippen LogP) is 1.48. The molecule has 0 bridgehead atoms. The molecule has 16 heavy (non-hydrogen) atoms. The van der Waals surface area contributed by atoms with Crippen molar-refractivity contribution in [3.63, 3.8) is 0 Å². The molecule has 0 aromatic rings. The van der Waals surface area contributed by atoms with Gasteiger partial charge in [0.2, 0.25) is 5.91 Å². The quantitative estimate of drug-likeness (QED) is 0.760. The van der Waals surface area contributed by atoms with Crippen LogP contribution >= 0.6 is 12.2 Å². The Morgan fingerprint density at radius 3 is 2.69 bits per heavy atom. The van der Waals surface area contributed by atoms with Crippen LogP contribution in [-0.2, 0) is 9.59 Å². The van der Waals surface area contributed by atoms with E-state index in [-0.39, 0.29) is 11.8 Å². The van der Waals surface area contributed by atoms with Gasteiger partial charge in [-0.25, -0.2) is 4.79 Å². The van der Waals surface area contributed by atoms with Gasteiger partial charge >= 0.3 is 5.97 Å². The number of amides is 1. The summed E-state index contributed by atoms with van der Waals surface area (Å²) in [6.07, 6.45) is 1.88. The minimum Gasteiger partial charge on any atom is -0.480 e. The van der Waals surface area contributed by atoms with Crippen molar-refractivity contribution < 1.29 is 14.7 Å². The van der Waals surface area contributed by atoms with Gasteiger partial charge in [-0.15, -0.1) is 0 Å². The maximum atomic E-state index is 12.0. The largest absolute Gasteiger partial charge is 0.480 e. The number of hydrogen-bond acceptors (Lipinski definition) is 3. The summed E-state index contributed by atoms with van der Waals surface area (Å²) in [6, 6.07) is -0.639. The highest BCUT2D eigenvalue weighted by Gasteiger charge is 2.35. The maximum absolute atomic E-state index is 12.0. The summed E-state index contributed by atoms with van der Waals surface area (Å²) in [4.78, 5) is 25.2. The van der Waals surface area contributed by atoms with E-state index in [0.717, 1.165) is 11.3 Å². The Hall–Kier alpha value is -0.970. The molecule has 4 nitrogen and oxygen atoms in total. The molecule has 1 unspecified atom stereocenters. The number of thiocarbonyl (C=S) groups is 1. The van der Waals surface area contributed by atoms with Crippen LogP contribution in [0.1, 0.15) is 33.1 Å². The van der Waals surface area contributed by atoms with Gasteiger partial charge in [-0.05, 0) is 31.1 Å². The second-order valence-corrected chi connectivity index (χ2v) is 5.03. The smallest absolute Gasteiger partial charge is 0.326 e.